The lowest BCUT2D eigenvalue weighted by Crippen LogP contribution is -2.41. The van der Waals surface area contributed by atoms with Gasteiger partial charge >= 0.3 is 8.56 Å². The lowest BCUT2D eigenvalue weighted by molar-refractivity contribution is 0.169. The van der Waals surface area contributed by atoms with Gasteiger partial charge in [-0.1, -0.05) is 34.6 Å². The molecule has 0 radical (unpaired) electrons. The predicted octanol–water partition coefficient (Wildman–Crippen LogP) is 3.02. The number of rotatable bonds is 10. The molecule has 0 amide bonds. The fourth-order valence-corrected chi connectivity index (χ4v) is 4.44. The molecule has 0 bridgehead atoms. The largest absolute Gasteiger partial charge is 0.428 e. The van der Waals surface area contributed by atoms with E-state index in [-0.39, 0.29) is 0 Å². The van der Waals surface area contributed by atoms with Crippen molar-refractivity contribution in [2.45, 2.75) is 66.0 Å². The molecule has 0 rings (SSSR count). The Labute approximate surface area is 118 Å². The van der Waals surface area contributed by atoms with Crippen molar-refractivity contribution in [3.63, 3.8) is 0 Å². The second-order valence-electron chi connectivity index (χ2n) is 4.31. The standard InChI is InChI=1S/C10H24O2Si.C3H10OSi/c1-5-9-11-13(7-3,8-4)12-10-6-2;1-2-3-4-5/h5-10H2,1-4H3;2-3H2,1,5H3. The van der Waals surface area contributed by atoms with Gasteiger partial charge in [-0.05, 0) is 31.4 Å². The molecule has 0 saturated carbocycles. The maximum atomic E-state index is 5.90. The topological polar surface area (TPSA) is 27.7 Å². The van der Waals surface area contributed by atoms with E-state index >= 15 is 0 Å². The molecule has 0 N–H and O–H groups in total. The summed E-state index contributed by atoms with van der Waals surface area (Å²) in [5.41, 5.74) is 0. The van der Waals surface area contributed by atoms with E-state index in [2.05, 4.69) is 34.6 Å². The Morgan fingerprint density at radius 1 is 0.722 bits per heavy atom. The second kappa shape index (κ2) is 15.4. The van der Waals surface area contributed by atoms with Gasteiger partial charge in [0.05, 0.1) is 0 Å². The van der Waals surface area contributed by atoms with E-state index in [0.29, 0.717) is 0 Å². The van der Waals surface area contributed by atoms with Gasteiger partial charge in [0.1, 0.15) is 10.5 Å². The van der Waals surface area contributed by atoms with Crippen LogP contribution in [0.1, 0.15) is 53.9 Å². The van der Waals surface area contributed by atoms with E-state index in [9.17, 15) is 0 Å². The van der Waals surface area contributed by atoms with Crippen molar-refractivity contribution in [3.05, 3.63) is 0 Å². The third-order valence-electron chi connectivity index (χ3n) is 2.62. The first-order valence-electron chi connectivity index (χ1n) is 7.43. The van der Waals surface area contributed by atoms with Crippen molar-refractivity contribution in [2.24, 2.45) is 0 Å². The maximum Gasteiger partial charge on any atom is 0.337 e. The summed E-state index contributed by atoms with van der Waals surface area (Å²) < 4.78 is 16.6. The summed E-state index contributed by atoms with van der Waals surface area (Å²) in [6, 6.07) is 2.15. The van der Waals surface area contributed by atoms with E-state index in [1.165, 1.54) is 0 Å². The highest BCUT2D eigenvalue weighted by Crippen LogP contribution is 2.18. The van der Waals surface area contributed by atoms with Crippen LogP contribution >= 0.6 is 0 Å². The Morgan fingerprint density at radius 2 is 1.11 bits per heavy atom. The van der Waals surface area contributed by atoms with Crippen molar-refractivity contribution >= 4 is 19.0 Å². The van der Waals surface area contributed by atoms with Crippen LogP contribution in [0.25, 0.3) is 0 Å². The molecule has 0 heterocycles. The molecule has 0 spiro atoms. The molecule has 0 aromatic heterocycles. The molecule has 0 fully saturated rings. The summed E-state index contributed by atoms with van der Waals surface area (Å²) >= 11 is 0. The van der Waals surface area contributed by atoms with E-state index in [0.717, 1.165) is 61.7 Å². The van der Waals surface area contributed by atoms with Crippen LogP contribution in [-0.4, -0.2) is 38.9 Å². The smallest absolute Gasteiger partial charge is 0.337 e. The van der Waals surface area contributed by atoms with Gasteiger partial charge in [-0.15, -0.1) is 0 Å². The third kappa shape index (κ3) is 11.4. The van der Waals surface area contributed by atoms with Gasteiger partial charge in [0.25, 0.3) is 0 Å². The van der Waals surface area contributed by atoms with Gasteiger partial charge in [0.15, 0.2) is 0 Å². The zero-order valence-electron chi connectivity index (χ0n) is 13.4. The van der Waals surface area contributed by atoms with E-state index in [1.807, 2.05) is 0 Å². The molecule has 0 atom stereocenters. The zero-order chi connectivity index (χ0) is 14.3. The Bertz CT molecular complexity index is 141. The second-order valence-corrected chi connectivity index (χ2v) is 8.70. The van der Waals surface area contributed by atoms with Gasteiger partial charge in [-0.3, -0.25) is 0 Å². The monoisotopic (exact) mass is 294 g/mol. The Balaban J connectivity index is 0. The SMILES string of the molecule is CCCO[SiH3].CCCO[Si](CC)(CC)OCCC. The van der Waals surface area contributed by atoms with Crippen LogP contribution in [0, 0.1) is 0 Å². The molecule has 0 aliphatic heterocycles. The average Bonchev–Trinajstić information content (AvgIpc) is 2.42. The molecule has 3 nitrogen and oxygen atoms in total. The molecule has 0 aromatic rings. The average molecular weight is 295 g/mol. The maximum absolute atomic E-state index is 5.90. The Morgan fingerprint density at radius 3 is 1.28 bits per heavy atom. The molecular formula is C13H34O3Si2. The van der Waals surface area contributed by atoms with Crippen LogP contribution in [0.3, 0.4) is 0 Å². The summed E-state index contributed by atoms with van der Waals surface area (Å²) in [7, 11) is -0.887. The van der Waals surface area contributed by atoms with Crippen LogP contribution in [-0.2, 0) is 13.3 Å². The van der Waals surface area contributed by atoms with Crippen LogP contribution in [0.5, 0.6) is 0 Å². The van der Waals surface area contributed by atoms with Crippen LogP contribution < -0.4 is 0 Å². The fourth-order valence-electron chi connectivity index (χ4n) is 1.48. The first kappa shape index (κ1) is 20.6. The lowest BCUT2D eigenvalue weighted by Gasteiger charge is -2.28. The third-order valence-corrected chi connectivity index (χ3v) is 6.65. The van der Waals surface area contributed by atoms with Crippen LogP contribution in [0.2, 0.25) is 12.1 Å². The summed E-state index contributed by atoms with van der Waals surface area (Å²) in [5.74, 6) is 0. The first-order valence-corrected chi connectivity index (χ1v) is 10.5. The fraction of sp³-hybridized carbons (Fsp3) is 1.00. The molecular weight excluding hydrogens is 260 g/mol. The van der Waals surface area contributed by atoms with Crippen LogP contribution in [0.15, 0.2) is 0 Å². The van der Waals surface area contributed by atoms with Gasteiger partial charge in [-0.25, -0.2) is 0 Å². The zero-order valence-corrected chi connectivity index (χ0v) is 16.4. The highest BCUT2D eigenvalue weighted by atomic mass is 28.4. The summed E-state index contributed by atoms with van der Waals surface area (Å²) in [5, 5.41) is 0. The summed E-state index contributed by atoms with van der Waals surface area (Å²) in [4.78, 5) is 0. The van der Waals surface area contributed by atoms with Crippen molar-refractivity contribution in [1.82, 2.24) is 0 Å². The first-order chi connectivity index (χ1) is 8.66. The van der Waals surface area contributed by atoms with Gasteiger partial charge in [-0.2, -0.15) is 0 Å². The number of hydrogen-bond donors (Lipinski definition) is 0. The Kier molecular flexibility index (Phi) is 17.6. The highest BCUT2D eigenvalue weighted by Gasteiger charge is 2.32. The summed E-state index contributed by atoms with van der Waals surface area (Å²) in [6.07, 6.45) is 3.33. The normalized spacial score (nSPS) is 11.2. The molecule has 5 heteroatoms. The minimum atomic E-state index is -1.79. The van der Waals surface area contributed by atoms with E-state index in [1.54, 1.807) is 0 Å². The van der Waals surface area contributed by atoms with Gasteiger partial charge in [0.2, 0.25) is 0 Å². The quantitative estimate of drug-likeness (QED) is 0.580. The van der Waals surface area contributed by atoms with Crippen LogP contribution in [0.4, 0.5) is 0 Å². The highest BCUT2D eigenvalue weighted by molar-refractivity contribution is 6.67. The van der Waals surface area contributed by atoms with Crippen molar-refractivity contribution in [3.8, 4) is 0 Å². The van der Waals surface area contributed by atoms with Gasteiger partial charge < -0.3 is 13.3 Å². The van der Waals surface area contributed by atoms with E-state index in [4.69, 9.17) is 13.3 Å². The lowest BCUT2D eigenvalue weighted by atomic mass is 10.5. The van der Waals surface area contributed by atoms with Crippen molar-refractivity contribution in [2.75, 3.05) is 19.8 Å². The number of hydrogen-bond acceptors (Lipinski definition) is 3. The molecule has 112 valence electrons. The Hall–Kier alpha value is 0.314. The van der Waals surface area contributed by atoms with Gasteiger partial charge in [0, 0.05) is 19.8 Å². The molecule has 0 aliphatic carbocycles. The molecule has 0 aliphatic rings. The molecule has 0 saturated heterocycles. The van der Waals surface area contributed by atoms with Crippen molar-refractivity contribution < 1.29 is 13.3 Å². The predicted molar refractivity (Wildman–Crippen MR) is 85.4 cm³/mol. The van der Waals surface area contributed by atoms with Crippen molar-refractivity contribution in [1.29, 1.82) is 0 Å². The van der Waals surface area contributed by atoms with E-state index < -0.39 is 8.56 Å². The summed E-state index contributed by atoms with van der Waals surface area (Å²) in [6.45, 7) is 13.4. The minimum Gasteiger partial charge on any atom is -0.428 e. The molecule has 0 aromatic carbocycles. The minimum absolute atomic E-state index is 0.859. The molecule has 0 unspecified atom stereocenters. The molecule has 18 heavy (non-hydrogen) atoms.